The lowest BCUT2D eigenvalue weighted by molar-refractivity contribution is -0.139. The number of halogens is 1. The van der Waals surface area contributed by atoms with Crippen molar-refractivity contribution >= 4 is 23.4 Å². The van der Waals surface area contributed by atoms with Gasteiger partial charge in [0.2, 0.25) is 0 Å². The zero-order valence-electron chi connectivity index (χ0n) is 20.9. The summed E-state index contributed by atoms with van der Waals surface area (Å²) in [6, 6.07) is 19.2. The van der Waals surface area contributed by atoms with E-state index in [0.717, 1.165) is 19.3 Å². The molecule has 192 valence electrons. The molecule has 1 heterocycles. The fourth-order valence-corrected chi connectivity index (χ4v) is 5.77. The highest BCUT2D eigenvalue weighted by molar-refractivity contribution is 6.32. The van der Waals surface area contributed by atoms with Crippen LogP contribution in [0.1, 0.15) is 77.4 Å². The van der Waals surface area contributed by atoms with E-state index in [1.54, 1.807) is 36.4 Å². The number of hydrogen-bond donors (Lipinski definition) is 1. The van der Waals surface area contributed by atoms with Crippen LogP contribution in [0, 0.1) is 12.8 Å². The first kappa shape index (κ1) is 25.3. The van der Waals surface area contributed by atoms with E-state index in [4.69, 9.17) is 21.1 Å². The Morgan fingerprint density at radius 1 is 1.03 bits per heavy atom. The lowest BCUT2D eigenvalue weighted by Crippen LogP contribution is -2.20. The SMILES string of the molecule is Cc1ccc(C2CCCC(CC(=O)c3ccc(Oc4cc5c(cc4Cl)C(C(=O)O)CCO5)cc3)C2)cc1. The Morgan fingerprint density at radius 3 is 2.51 bits per heavy atom. The third-order valence-corrected chi connectivity index (χ3v) is 7.91. The van der Waals surface area contributed by atoms with Crippen LogP contribution >= 0.6 is 11.6 Å². The van der Waals surface area contributed by atoms with Gasteiger partial charge in [0, 0.05) is 23.6 Å². The largest absolute Gasteiger partial charge is 0.493 e. The van der Waals surface area contributed by atoms with E-state index in [2.05, 4.69) is 31.2 Å². The van der Waals surface area contributed by atoms with Crippen LogP contribution in [-0.4, -0.2) is 23.5 Å². The zero-order valence-corrected chi connectivity index (χ0v) is 21.7. The summed E-state index contributed by atoms with van der Waals surface area (Å²) >= 11 is 6.41. The van der Waals surface area contributed by atoms with Gasteiger partial charge in [0.05, 0.1) is 17.5 Å². The van der Waals surface area contributed by atoms with Gasteiger partial charge in [0.15, 0.2) is 5.78 Å². The maximum Gasteiger partial charge on any atom is 0.311 e. The molecule has 3 atom stereocenters. The Bertz CT molecular complexity index is 1280. The molecular weight excluding hydrogens is 488 g/mol. The van der Waals surface area contributed by atoms with E-state index in [1.807, 2.05) is 0 Å². The summed E-state index contributed by atoms with van der Waals surface area (Å²) in [4.78, 5) is 24.6. The van der Waals surface area contributed by atoms with Gasteiger partial charge in [0.25, 0.3) is 0 Å². The predicted molar refractivity (Wildman–Crippen MR) is 143 cm³/mol. The molecule has 0 amide bonds. The van der Waals surface area contributed by atoms with Crippen molar-refractivity contribution in [2.75, 3.05) is 6.61 Å². The molecule has 0 radical (unpaired) electrons. The zero-order chi connectivity index (χ0) is 25.9. The Hall–Kier alpha value is -3.31. The van der Waals surface area contributed by atoms with Crippen molar-refractivity contribution in [2.45, 2.75) is 57.3 Å². The van der Waals surface area contributed by atoms with Gasteiger partial charge in [-0.05, 0) is 80.3 Å². The third kappa shape index (κ3) is 5.83. The first-order valence-corrected chi connectivity index (χ1v) is 13.3. The molecule has 1 aliphatic heterocycles. The fourth-order valence-electron chi connectivity index (χ4n) is 5.56. The number of carboxylic acid groups (broad SMARTS) is 1. The van der Waals surface area contributed by atoms with E-state index in [0.29, 0.717) is 64.7 Å². The van der Waals surface area contributed by atoms with Crippen molar-refractivity contribution in [1.29, 1.82) is 0 Å². The second kappa shape index (κ2) is 11.0. The van der Waals surface area contributed by atoms with E-state index >= 15 is 0 Å². The molecule has 3 aromatic rings. The molecule has 1 saturated carbocycles. The van der Waals surface area contributed by atoms with Crippen molar-refractivity contribution in [3.8, 4) is 17.2 Å². The molecule has 6 heteroatoms. The van der Waals surface area contributed by atoms with Crippen LogP contribution in [0.15, 0.2) is 60.7 Å². The van der Waals surface area contributed by atoms with Crippen molar-refractivity contribution < 1.29 is 24.2 Å². The van der Waals surface area contributed by atoms with E-state index in [-0.39, 0.29) is 5.78 Å². The van der Waals surface area contributed by atoms with Gasteiger partial charge in [-0.25, -0.2) is 0 Å². The molecule has 0 aromatic heterocycles. The molecule has 0 spiro atoms. The van der Waals surface area contributed by atoms with Crippen LogP contribution in [0.5, 0.6) is 17.2 Å². The number of carboxylic acids is 1. The number of hydrogen-bond acceptors (Lipinski definition) is 4. The fraction of sp³-hybridized carbons (Fsp3) is 0.355. The Morgan fingerprint density at radius 2 is 1.78 bits per heavy atom. The first-order valence-electron chi connectivity index (χ1n) is 12.9. The summed E-state index contributed by atoms with van der Waals surface area (Å²) in [5.41, 5.74) is 3.89. The summed E-state index contributed by atoms with van der Waals surface area (Å²) in [6.45, 7) is 2.43. The van der Waals surface area contributed by atoms with Gasteiger partial charge in [-0.1, -0.05) is 47.9 Å². The molecule has 0 bridgehead atoms. The number of ether oxygens (including phenoxy) is 2. The summed E-state index contributed by atoms with van der Waals surface area (Å²) in [5.74, 6) is 0.940. The lowest BCUT2D eigenvalue weighted by Gasteiger charge is -2.29. The first-order chi connectivity index (χ1) is 17.9. The number of Topliss-reactive ketones (excluding diaryl/α,β-unsaturated/α-hetero) is 1. The van der Waals surface area contributed by atoms with Crippen LogP contribution in [0.4, 0.5) is 0 Å². The summed E-state index contributed by atoms with van der Waals surface area (Å²) < 4.78 is 11.6. The van der Waals surface area contributed by atoms with Gasteiger partial charge in [-0.15, -0.1) is 0 Å². The molecule has 2 aliphatic rings. The average Bonchev–Trinajstić information content (AvgIpc) is 2.89. The van der Waals surface area contributed by atoms with Crippen LogP contribution in [0.3, 0.4) is 0 Å². The normalized spacial score (nSPS) is 21.0. The summed E-state index contributed by atoms with van der Waals surface area (Å²) in [6.07, 6.45) is 5.45. The Kier molecular flexibility index (Phi) is 7.52. The monoisotopic (exact) mass is 518 g/mol. The van der Waals surface area contributed by atoms with E-state index < -0.39 is 11.9 Å². The van der Waals surface area contributed by atoms with E-state index in [9.17, 15) is 14.7 Å². The molecule has 1 aliphatic carbocycles. The van der Waals surface area contributed by atoms with Crippen molar-refractivity contribution in [3.05, 3.63) is 87.9 Å². The number of aliphatic carboxylic acids is 1. The number of benzene rings is 3. The Balaban J connectivity index is 1.22. The maximum atomic E-state index is 13.0. The molecule has 5 rings (SSSR count). The molecule has 1 N–H and O–H groups in total. The van der Waals surface area contributed by atoms with Gasteiger partial charge < -0.3 is 14.6 Å². The highest BCUT2D eigenvalue weighted by Gasteiger charge is 2.29. The average molecular weight is 519 g/mol. The standard InChI is InChI=1S/C31H31ClO5/c1-19-5-7-21(8-6-19)23-4-2-3-20(15-23)16-28(33)22-9-11-24(12-10-22)37-30-18-29-26(17-27(30)32)25(31(34)35)13-14-36-29/h5-12,17-18,20,23,25H,2-4,13-16H2,1H3,(H,34,35). The van der Waals surface area contributed by atoms with Crippen LogP contribution in [-0.2, 0) is 4.79 Å². The molecule has 5 nitrogen and oxygen atoms in total. The van der Waals surface area contributed by atoms with Gasteiger partial charge in [-0.3, -0.25) is 9.59 Å². The van der Waals surface area contributed by atoms with Gasteiger partial charge in [-0.2, -0.15) is 0 Å². The minimum absolute atomic E-state index is 0.154. The number of rotatable bonds is 7. The molecule has 3 unspecified atom stereocenters. The van der Waals surface area contributed by atoms with Gasteiger partial charge >= 0.3 is 5.97 Å². The van der Waals surface area contributed by atoms with Crippen LogP contribution in [0.25, 0.3) is 0 Å². The smallest absolute Gasteiger partial charge is 0.311 e. The number of carbonyl (C=O) groups is 2. The number of aryl methyl sites for hydroxylation is 1. The second-order valence-corrected chi connectivity index (χ2v) is 10.6. The van der Waals surface area contributed by atoms with Crippen LogP contribution in [0.2, 0.25) is 5.02 Å². The molecule has 0 saturated heterocycles. The molecule has 3 aromatic carbocycles. The van der Waals surface area contributed by atoms with Crippen LogP contribution < -0.4 is 9.47 Å². The van der Waals surface area contributed by atoms with Crippen molar-refractivity contribution in [3.63, 3.8) is 0 Å². The molecule has 37 heavy (non-hydrogen) atoms. The number of carbonyl (C=O) groups excluding carboxylic acids is 1. The highest BCUT2D eigenvalue weighted by Crippen LogP contribution is 2.42. The quantitative estimate of drug-likeness (QED) is 0.321. The van der Waals surface area contributed by atoms with Gasteiger partial charge in [0.1, 0.15) is 17.2 Å². The number of ketones is 1. The minimum atomic E-state index is -0.895. The highest BCUT2D eigenvalue weighted by atomic mass is 35.5. The minimum Gasteiger partial charge on any atom is -0.493 e. The second-order valence-electron chi connectivity index (χ2n) is 10.2. The van der Waals surface area contributed by atoms with Crippen molar-refractivity contribution in [2.24, 2.45) is 5.92 Å². The number of fused-ring (bicyclic) bond motifs is 1. The predicted octanol–water partition coefficient (Wildman–Crippen LogP) is 7.94. The third-order valence-electron chi connectivity index (χ3n) is 7.61. The summed E-state index contributed by atoms with van der Waals surface area (Å²) in [5, 5.41) is 9.79. The molecule has 1 fully saturated rings. The van der Waals surface area contributed by atoms with E-state index in [1.165, 1.54) is 17.5 Å². The lowest BCUT2D eigenvalue weighted by atomic mass is 9.76. The maximum absolute atomic E-state index is 13.0. The molecular formula is C31H31ClO5. The van der Waals surface area contributed by atoms with Crippen molar-refractivity contribution in [1.82, 2.24) is 0 Å². The topological polar surface area (TPSA) is 72.8 Å². The Labute approximate surface area is 222 Å². The summed E-state index contributed by atoms with van der Waals surface area (Å²) in [7, 11) is 0.